The first kappa shape index (κ1) is 21.1. The summed E-state index contributed by atoms with van der Waals surface area (Å²) in [4.78, 5) is 5.01. The van der Waals surface area contributed by atoms with E-state index in [1.165, 1.54) is 12.1 Å². The Kier molecular flexibility index (Phi) is 7.74. The standard InChI is InChI=1S/C14H14N2O.C7H8O3S/c1-17-16-12-6-5-9-14(16)10-11-15-13-7-3-2-4-8-13;1-6-2-4-7(5-3-6)11(8,9)10/h2-12H,1H3;2-5H,1H3,(H,8,9,10). The molecule has 146 valence electrons. The molecule has 1 aromatic heterocycles. The van der Waals surface area contributed by atoms with Gasteiger partial charge < -0.3 is 9.87 Å². The van der Waals surface area contributed by atoms with Gasteiger partial charge in [-0.05, 0) is 37.3 Å². The second-order valence-electron chi connectivity index (χ2n) is 5.74. The maximum absolute atomic E-state index is 10.4. The lowest BCUT2D eigenvalue weighted by atomic mass is 10.2. The molecule has 0 saturated carbocycles. The number of aromatic nitrogens is 1. The van der Waals surface area contributed by atoms with Crippen LogP contribution in [0.2, 0.25) is 0 Å². The summed E-state index contributed by atoms with van der Waals surface area (Å²) in [5, 5.41) is 3.19. The Morgan fingerprint density at radius 1 is 0.964 bits per heavy atom. The minimum atomic E-state index is -4.27. The third kappa shape index (κ3) is 6.86. The Morgan fingerprint density at radius 3 is 2.21 bits per heavy atom. The molecule has 3 aromatic rings. The van der Waals surface area contributed by atoms with Gasteiger partial charge in [0.1, 0.15) is 17.2 Å². The van der Waals surface area contributed by atoms with E-state index in [9.17, 15) is 13.0 Å². The van der Waals surface area contributed by atoms with Gasteiger partial charge in [0, 0.05) is 34.8 Å². The van der Waals surface area contributed by atoms with Crippen LogP contribution >= 0.6 is 0 Å². The number of anilines is 1. The Morgan fingerprint density at radius 2 is 1.61 bits per heavy atom. The van der Waals surface area contributed by atoms with Gasteiger partial charge in [-0.3, -0.25) is 4.84 Å². The van der Waals surface area contributed by atoms with Crippen LogP contribution < -0.4 is 14.9 Å². The molecule has 3 rings (SSSR count). The second-order valence-corrected chi connectivity index (χ2v) is 7.12. The van der Waals surface area contributed by atoms with Crippen molar-refractivity contribution in [1.29, 1.82) is 0 Å². The number of para-hydroxylation sites is 1. The lowest BCUT2D eigenvalue weighted by molar-refractivity contribution is -0.886. The predicted octanol–water partition coefficient (Wildman–Crippen LogP) is 3.01. The molecule has 0 aliphatic rings. The molecule has 0 fully saturated rings. The zero-order valence-electron chi connectivity index (χ0n) is 15.6. The third-order valence-electron chi connectivity index (χ3n) is 3.64. The SMILES string of the molecule is CO[n+]1ccccc1/C=C/Nc1ccccc1.Cc1ccc(S(=O)(=O)[O-])cc1. The van der Waals surface area contributed by atoms with E-state index in [4.69, 9.17) is 4.84 Å². The number of nitrogens with one attached hydrogen (secondary N) is 1. The van der Waals surface area contributed by atoms with Gasteiger partial charge in [-0.2, -0.15) is 0 Å². The normalized spacial score (nSPS) is 10.8. The fourth-order valence-corrected chi connectivity index (χ4v) is 2.67. The van der Waals surface area contributed by atoms with Gasteiger partial charge in [0.15, 0.2) is 0 Å². The highest BCUT2D eigenvalue weighted by molar-refractivity contribution is 7.85. The summed E-state index contributed by atoms with van der Waals surface area (Å²) in [6.45, 7) is 1.82. The third-order valence-corrected chi connectivity index (χ3v) is 4.49. The van der Waals surface area contributed by atoms with Gasteiger partial charge in [0.25, 0.3) is 5.69 Å². The fourth-order valence-electron chi connectivity index (χ4n) is 2.20. The van der Waals surface area contributed by atoms with Gasteiger partial charge in [-0.1, -0.05) is 35.9 Å². The number of hydrogen-bond acceptors (Lipinski definition) is 5. The summed E-state index contributed by atoms with van der Waals surface area (Å²) >= 11 is 0. The van der Waals surface area contributed by atoms with Crippen molar-refractivity contribution >= 4 is 21.9 Å². The van der Waals surface area contributed by atoms with E-state index in [1.54, 1.807) is 24.0 Å². The zero-order valence-corrected chi connectivity index (χ0v) is 16.5. The van der Waals surface area contributed by atoms with Crippen LogP contribution in [0.1, 0.15) is 11.3 Å². The first-order chi connectivity index (χ1) is 13.4. The van der Waals surface area contributed by atoms with E-state index >= 15 is 0 Å². The van der Waals surface area contributed by atoms with Crippen molar-refractivity contribution in [3.05, 3.63) is 96.5 Å². The summed E-state index contributed by atoms with van der Waals surface area (Å²) in [7, 11) is -2.63. The number of hydrogen-bond donors (Lipinski definition) is 1. The van der Waals surface area contributed by atoms with Crippen LogP contribution in [0.4, 0.5) is 5.69 Å². The molecule has 0 radical (unpaired) electrons. The summed E-state index contributed by atoms with van der Waals surface area (Å²) in [5.74, 6) is 0. The van der Waals surface area contributed by atoms with Crippen molar-refractivity contribution in [3.63, 3.8) is 0 Å². The highest BCUT2D eigenvalue weighted by Gasteiger charge is 2.04. The van der Waals surface area contributed by atoms with Crippen molar-refractivity contribution < 1.29 is 22.5 Å². The van der Waals surface area contributed by atoms with Gasteiger partial charge >= 0.3 is 0 Å². The molecule has 0 amide bonds. The fraction of sp³-hybridized carbons (Fsp3) is 0.0952. The van der Waals surface area contributed by atoms with Crippen molar-refractivity contribution in [2.75, 3.05) is 12.4 Å². The molecular formula is C21H22N2O4S. The van der Waals surface area contributed by atoms with Crippen LogP contribution in [-0.2, 0) is 10.1 Å². The molecule has 7 heteroatoms. The summed E-state index contributed by atoms with van der Waals surface area (Å²) < 4.78 is 32.9. The van der Waals surface area contributed by atoms with Crippen molar-refractivity contribution in [2.45, 2.75) is 11.8 Å². The topological polar surface area (TPSA) is 82.3 Å². The quantitative estimate of drug-likeness (QED) is 0.528. The average Bonchev–Trinajstić information content (AvgIpc) is 2.69. The molecule has 0 unspecified atom stereocenters. The minimum absolute atomic E-state index is 0.178. The zero-order chi connectivity index (χ0) is 20.4. The monoisotopic (exact) mass is 398 g/mol. The van der Waals surface area contributed by atoms with Crippen LogP contribution in [0.15, 0.2) is 90.1 Å². The Labute approximate surface area is 165 Å². The molecule has 0 saturated heterocycles. The van der Waals surface area contributed by atoms with Crippen molar-refractivity contribution in [1.82, 2.24) is 0 Å². The predicted molar refractivity (Wildman–Crippen MR) is 107 cm³/mol. The number of aryl methyl sites for hydroxylation is 1. The highest BCUT2D eigenvalue weighted by atomic mass is 32.2. The minimum Gasteiger partial charge on any atom is -0.744 e. The smallest absolute Gasteiger partial charge is 0.258 e. The number of rotatable bonds is 5. The molecule has 1 N–H and O–H groups in total. The molecule has 2 aromatic carbocycles. The first-order valence-corrected chi connectivity index (χ1v) is 9.87. The molecule has 0 bridgehead atoms. The van der Waals surface area contributed by atoms with Crippen LogP contribution in [-0.4, -0.2) is 20.1 Å². The molecule has 0 aliphatic carbocycles. The largest absolute Gasteiger partial charge is 0.744 e. The molecule has 1 heterocycles. The number of nitrogens with zero attached hydrogens (tertiary/aromatic N) is 1. The molecule has 0 atom stereocenters. The summed E-state index contributed by atoms with van der Waals surface area (Å²) in [6.07, 6.45) is 5.71. The van der Waals surface area contributed by atoms with Gasteiger partial charge in [0.05, 0.1) is 4.90 Å². The number of benzene rings is 2. The molecular weight excluding hydrogens is 376 g/mol. The van der Waals surface area contributed by atoms with Crippen LogP contribution in [0.5, 0.6) is 0 Å². The van der Waals surface area contributed by atoms with E-state index in [-0.39, 0.29) is 4.90 Å². The van der Waals surface area contributed by atoms with E-state index in [2.05, 4.69) is 5.32 Å². The highest BCUT2D eigenvalue weighted by Crippen LogP contribution is 2.08. The maximum Gasteiger partial charge on any atom is 0.258 e. The molecule has 0 spiro atoms. The van der Waals surface area contributed by atoms with Crippen molar-refractivity contribution in [2.24, 2.45) is 0 Å². The van der Waals surface area contributed by atoms with Gasteiger partial charge in [0.2, 0.25) is 6.20 Å². The van der Waals surface area contributed by atoms with E-state index in [0.29, 0.717) is 0 Å². The lowest BCUT2D eigenvalue weighted by Crippen LogP contribution is -2.42. The molecule has 6 nitrogen and oxygen atoms in total. The Hall–Kier alpha value is -3.16. The second kappa shape index (κ2) is 10.2. The van der Waals surface area contributed by atoms with Crippen LogP contribution in [0, 0.1) is 6.92 Å². The Bertz CT molecular complexity index is 1000. The molecule has 0 aliphatic heterocycles. The van der Waals surface area contributed by atoms with Gasteiger partial charge in [-0.15, -0.1) is 0 Å². The van der Waals surface area contributed by atoms with Gasteiger partial charge in [-0.25, -0.2) is 8.42 Å². The first-order valence-electron chi connectivity index (χ1n) is 8.46. The lowest BCUT2D eigenvalue weighted by Gasteiger charge is -2.05. The van der Waals surface area contributed by atoms with Crippen LogP contribution in [0.25, 0.3) is 6.08 Å². The van der Waals surface area contributed by atoms with E-state index in [0.717, 1.165) is 16.9 Å². The van der Waals surface area contributed by atoms with Crippen LogP contribution in [0.3, 0.4) is 0 Å². The number of pyridine rings is 1. The molecule has 28 heavy (non-hydrogen) atoms. The maximum atomic E-state index is 10.4. The summed E-state index contributed by atoms with van der Waals surface area (Å²) in [6, 6.07) is 21.7. The summed E-state index contributed by atoms with van der Waals surface area (Å²) in [5.41, 5.74) is 2.96. The Balaban J connectivity index is 0.000000221. The van der Waals surface area contributed by atoms with Crippen molar-refractivity contribution in [3.8, 4) is 0 Å². The van der Waals surface area contributed by atoms with E-state index < -0.39 is 10.1 Å². The van der Waals surface area contributed by atoms with E-state index in [1.807, 2.05) is 73.9 Å². The average molecular weight is 398 g/mol.